The van der Waals surface area contributed by atoms with Crippen molar-refractivity contribution in [1.82, 2.24) is 0 Å². The van der Waals surface area contributed by atoms with Crippen molar-refractivity contribution in [3.8, 4) is 0 Å². The summed E-state index contributed by atoms with van der Waals surface area (Å²) in [5.74, 6) is 0. The fourth-order valence-electron chi connectivity index (χ4n) is 2.59. The van der Waals surface area contributed by atoms with E-state index in [1.54, 1.807) is 0 Å². The Hall–Kier alpha value is -1.03. The lowest BCUT2D eigenvalue weighted by molar-refractivity contribution is 0.230. The van der Waals surface area contributed by atoms with Gasteiger partial charge in [-0.3, -0.25) is 0 Å². The van der Waals surface area contributed by atoms with Gasteiger partial charge in [-0.25, -0.2) is 0 Å². The van der Waals surface area contributed by atoms with Gasteiger partial charge in [0.15, 0.2) is 0 Å². The largest absolute Gasteiger partial charge is 0.387 e. The smallest absolute Gasteiger partial charge is 0.369 e. The van der Waals surface area contributed by atoms with Gasteiger partial charge < -0.3 is 17.7 Å². The van der Waals surface area contributed by atoms with E-state index in [-0.39, 0.29) is 0 Å². The van der Waals surface area contributed by atoms with E-state index in [9.17, 15) is 0 Å². The molecule has 0 atom stereocenters. The highest BCUT2D eigenvalue weighted by Gasteiger charge is 2.38. The van der Waals surface area contributed by atoms with Gasteiger partial charge in [-0.1, -0.05) is 48.6 Å². The molecular weight excluding hydrogens is 312 g/mol. The molecule has 4 nitrogen and oxygen atoms in total. The van der Waals surface area contributed by atoms with Crippen LogP contribution in [0.15, 0.2) is 48.6 Å². The molecule has 0 N–H and O–H groups in total. The van der Waals surface area contributed by atoms with E-state index in [4.69, 9.17) is 17.7 Å². The molecule has 0 aromatic heterocycles. The molecule has 0 unspecified atom stereocenters. The van der Waals surface area contributed by atoms with Crippen molar-refractivity contribution in [3.05, 3.63) is 48.6 Å². The number of hydrogen-bond acceptors (Lipinski definition) is 4. The highest BCUT2D eigenvalue weighted by molar-refractivity contribution is 6.81. The predicted octanol–water partition coefficient (Wildman–Crippen LogP) is 1.45. The van der Waals surface area contributed by atoms with Crippen LogP contribution in [0.3, 0.4) is 0 Å². The second-order valence-electron chi connectivity index (χ2n) is 5.66. The Kier molecular flexibility index (Phi) is 4.77. The van der Waals surface area contributed by atoms with Gasteiger partial charge in [-0.2, -0.15) is 0 Å². The van der Waals surface area contributed by atoms with E-state index in [0.717, 1.165) is 10.4 Å². The average Bonchev–Trinajstić information content (AvgIpc) is 2.89. The summed E-state index contributed by atoms with van der Waals surface area (Å²) in [7, 11) is -4.62. The quantitative estimate of drug-likeness (QED) is 0.606. The Morgan fingerprint density at radius 3 is 1.14 bits per heavy atom. The summed E-state index contributed by atoms with van der Waals surface area (Å²) in [4.78, 5) is 0. The van der Waals surface area contributed by atoms with Crippen LogP contribution in [0.1, 0.15) is 0 Å². The molecule has 0 fully saturated rings. The number of rotatable bonds is 2. The summed E-state index contributed by atoms with van der Waals surface area (Å²) in [5.41, 5.74) is 0. The Bertz CT molecular complexity index is 497. The Balaban J connectivity index is 1.80. The Labute approximate surface area is 133 Å². The topological polar surface area (TPSA) is 36.9 Å². The van der Waals surface area contributed by atoms with Crippen LogP contribution in [-0.4, -0.2) is 43.5 Å². The minimum atomic E-state index is -2.31. The van der Waals surface area contributed by atoms with Crippen LogP contribution in [0.2, 0.25) is 13.1 Å². The van der Waals surface area contributed by atoms with Crippen molar-refractivity contribution >= 4 is 27.5 Å². The third kappa shape index (κ3) is 3.32. The van der Waals surface area contributed by atoms with Gasteiger partial charge >= 0.3 is 17.1 Å². The Morgan fingerprint density at radius 2 is 0.864 bits per heavy atom. The van der Waals surface area contributed by atoms with Crippen LogP contribution in [0.5, 0.6) is 0 Å². The van der Waals surface area contributed by atoms with Crippen molar-refractivity contribution in [1.29, 1.82) is 0 Å². The van der Waals surface area contributed by atoms with Crippen LogP contribution in [-0.2, 0) is 17.7 Å². The lowest BCUT2D eigenvalue weighted by Gasteiger charge is -2.27. The van der Waals surface area contributed by atoms with Crippen LogP contribution in [0.4, 0.5) is 0 Å². The number of hydrogen-bond donors (Lipinski definition) is 0. The highest BCUT2D eigenvalue weighted by atomic mass is 28.4. The SMILES string of the molecule is C[Si]1(c2ccc([Si]3(C)OCC=CCO3)cc2)OCC=CCO1. The standard InChI is InChI=1S/C16H22O4Si2/c1-21(17-11-3-4-12-18-21)15-7-9-16(10-8-15)22(2)19-13-5-6-14-20-22/h3-10H,11-14H2,1-2H3. The molecule has 0 bridgehead atoms. The van der Waals surface area contributed by atoms with Crippen LogP contribution >= 0.6 is 0 Å². The third-order valence-corrected chi connectivity index (χ3v) is 9.72. The molecule has 2 heterocycles. The molecule has 118 valence electrons. The van der Waals surface area contributed by atoms with Gasteiger partial charge in [0.05, 0.1) is 26.4 Å². The van der Waals surface area contributed by atoms with Gasteiger partial charge in [0, 0.05) is 0 Å². The summed E-state index contributed by atoms with van der Waals surface area (Å²) in [6.07, 6.45) is 8.06. The second kappa shape index (κ2) is 6.61. The molecule has 2 aliphatic rings. The predicted molar refractivity (Wildman–Crippen MR) is 91.0 cm³/mol. The molecule has 0 saturated heterocycles. The molecule has 6 heteroatoms. The molecule has 0 amide bonds. The van der Waals surface area contributed by atoms with Crippen molar-refractivity contribution in [3.63, 3.8) is 0 Å². The first-order valence-corrected chi connectivity index (χ1v) is 12.2. The molecule has 2 aliphatic heterocycles. The van der Waals surface area contributed by atoms with Crippen molar-refractivity contribution in [2.45, 2.75) is 13.1 Å². The molecule has 0 aliphatic carbocycles. The third-order valence-electron chi connectivity index (χ3n) is 4.09. The fraction of sp³-hybridized carbons (Fsp3) is 0.375. The fourth-order valence-corrected chi connectivity index (χ4v) is 6.63. The van der Waals surface area contributed by atoms with E-state index in [2.05, 4.69) is 37.4 Å². The molecule has 22 heavy (non-hydrogen) atoms. The maximum absolute atomic E-state index is 5.98. The second-order valence-corrected chi connectivity index (χ2v) is 11.7. The van der Waals surface area contributed by atoms with Gasteiger partial charge in [0.25, 0.3) is 0 Å². The molecular formula is C16H22O4Si2. The summed E-state index contributed by atoms with van der Waals surface area (Å²) >= 11 is 0. The average molecular weight is 335 g/mol. The summed E-state index contributed by atoms with van der Waals surface area (Å²) in [5, 5.41) is 2.29. The first-order chi connectivity index (χ1) is 10.6. The van der Waals surface area contributed by atoms with E-state index in [1.807, 2.05) is 24.3 Å². The zero-order chi connectivity index (χ0) is 15.5. The monoisotopic (exact) mass is 334 g/mol. The molecule has 0 radical (unpaired) electrons. The first kappa shape index (κ1) is 15.9. The highest BCUT2D eigenvalue weighted by Crippen LogP contribution is 2.13. The number of benzene rings is 1. The van der Waals surface area contributed by atoms with Crippen LogP contribution in [0.25, 0.3) is 0 Å². The van der Waals surface area contributed by atoms with E-state index in [1.165, 1.54) is 0 Å². The van der Waals surface area contributed by atoms with Gasteiger partial charge in [0.2, 0.25) is 0 Å². The minimum Gasteiger partial charge on any atom is -0.387 e. The summed E-state index contributed by atoms with van der Waals surface area (Å²) in [6, 6.07) is 8.43. The van der Waals surface area contributed by atoms with Crippen molar-refractivity contribution in [2.24, 2.45) is 0 Å². The lowest BCUT2D eigenvalue weighted by atomic mass is 10.4. The maximum Gasteiger partial charge on any atom is 0.369 e. The van der Waals surface area contributed by atoms with E-state index < -0.39 is 17.1 Å². The molecule has 0 spiro atoms. The van der Waals surface area contributed by atoms with E-state index >= 15 is 0 Å². The summed E-state index contributed by atoms with van der Waals surface area (Å²) < 4.78 is 23.9. The molecule has 1 aromatic rings. The van der Waals surface area contributed by atoms with Crippen LogP contribution in [0, 0.1) is 0 Å². The van der Waals surface area contributed by atoms with Crippen molar-refractivity contribution in [2.75, 3.05) is 26.4 Å². The Morgan fingerprint density at radius 1 is 0.591 bits per heavy atom. The van der Waals surface area contributed by atoms with Crippen molar-refractivity contribution < 1.29 is 17.7 Å². The zero-order valence-corrected chi connectivity index (χ0v) is 15.1. The lowest BCUT2D eigenvalue weighted by Crippen LogP contribution is -2.53. The van der Waals surface area contributed by atoms with Crippen LogP contribution < -0.4 is 10.4 Å². The molecule has 1 aromatic carbocycles. The zero-order valence-electron chi connectivity index (χ0n) is 13.1. The minimum absolute atomic E-state index is 0.620. The van der Waals surface area contributed by atoms with Gasteiger partial charge in [-0.15, -0.1) is 0 Å². The summed E-state index contributed by atoms with van der Waals surface area (Å²) in [6.45, 7) is 6.67. The first-order valence-electron chi connectivity index (χ1n) is 7.59. The molecule has 0 saturated carbocycles. The maximum atomic E-state index is 5.98. The van der Waals surface area contributed by atoms with Gasteiger partial charge in [-0.05, 0) is 23.5 Å². The molecule has 3 rings (SSSR count). The normalized spacial score (nSPS) is 23.7. The van der Waals surface area contributed by atoms with Gasteiger partial charge in [0.1, 0.15) is 0 Å². The van der Waals surface area contributed by atoms with E-state index in [0.29, 0.717) is 26.4 Å².